The third kappa shape index (κ3) is 2.76. The molecule has 33 heavy (non-hydrogen) atoms. The fraction of sp³-hybridized carbons (Fsp3) is 0.258. The zero-order valence-corrected chi connectivity index (χ0v) is 20.6. The van der Waals surface area contributed by atoms with E-state index in [1.54, 1.807) is 0 Å². The highest BCUT2D eigenvalue weighted by Gasteiger charge is 2.32. The summed E-state index contributed by atoms with van der Waals surface area (Å²) in [5.41, 5.74) is 7.68. The van der Waals surface area contributed by atoms with Gasteiger partial charge in [0.15, 0.2) is 6.20 Å². The van der Waals surface area contributed by atoms with Crippen LogP contribution in [0.4, 0.5) is 0 Å². The second kappa shape index (κ2) is 6.57. The fourth-order valence-corrected chi connectivity index (χ4v) is 5.54. The topological polar surface area (TPSA) is 13.1 Å². The van der Waals surface area contributed by atoms with Crippen molar-refractivity contribution in [1.29, 1.82) is 0 Å². The number of fused-ring (bicyclic) bond motifs is 5. The molecule has 0 saturated carbocycles. The van der Waals surface area contributed by atoms with Gasteiger partial charge in [0, 0.05) is 17.0 Å². The van der Waals surface area contributed by atoms with Gasteiger partial charge < -0.3 is 4.74 Å². The summed E-state index contributed by atoms with van der Waals surface area (Å²) in [6, 6.07) is 18.1. The molecule has 0 bridgehead atoms. The van der Waals surface area contributed by atoms with E-state index in [2.05, 4.69) is 108 Å². The summed E-state index contributed by atoms with van der Waals surface area (Å²) < 4.78 is 9.04. The van der Waals surface area contributed by atoms with Crippen molar-refractivity contribution in [2.75, 3.05) is 0 Å². The number of aromatic nitrogens is 1. The molecule has 4 aromatic carbocycles. The molecule has 2 heteroatoms. The van der Waals surface area contributed by atoms with E-state index < -0.39 is 0 Å². The summed E-state index contributed by atoms with van der Waals surface area (Å²) in [6.45, 7) is 13.4. The van der Waals surface area contributed by atoms with Gasteiger partial charge in [-0.05, 0) is 64.9 Å². The van der Waals surface area contributed by atoms with E-state index in [-0.39, 0.29) is 5.41 Å². The average Bonchev–Trinajstić information content (AvgIpc) is 2.77. The summed E-state index contributed by atoms with van der Waals surface area (Å²) >= 11 is 0. The van der Waals surface area contributed by atoms with Crippen LogP contribution in [-0.2, 0) is 12.5 Å². The average molecular weight is 433 g/mol. The molecular weight excluding hydrogens is 402 g/mol. The molecule has 2 heterocycles. The minimum Gasteiger partial charge on any atom is -0.455 e. The lowest BCUT2D eigenvalue weighted by Crippen LogP contribution is -2.32. The Kier molecular flexibility index (Phi) is 4.03. The van der Waals surface area contributed by atoms with E-state index in [4.69, 9.17) is 4.74 Å². The van der Waals surface area contributed by atoms with Gasteiger partial charge in [-0.3, -0.25) is 0 Å². The first-order valence-electron chi connectivity index (χ1n) is 11.8. The van der Waals surface area contributed by atoms with E-state index in [1.807, 2.05) is 0 Å². The lowest BCUT2D eigenvalue weighted by atomic mass is 9.84. The van der Waals surface area contributed by atoms with Crippen LogP contribution in [0.3, 0.4) is 0 Å². The highest BCUT2D eigenvalue weighted by atomic mass is 16.5. The molecule has 0 atom stereocenters. The van der Waals surface area contributed by atoms with Gasteiger partial charge in [-0.15, -0.1) is 0 Å². The molecule has 164 valence electrons. The minimum atomic E-state index is 0.104. The molecule has 0 fully saturated rings. The van der Waals surface area contributed by atoms with Gasteiger partial charge >= 0.3 is 0 Å². The maximum absolute atomic E-state index is 6.77. The van der Waals surface area contributed by atoms with Crippen LogP contribution in [0.1, 0.15) is 43.0 Å². The molecule has 1 aliphatic rings. The Hall–Kier alpha value is -3.39. The van der Waals surface area contributed by atoms with E-state index in [0.29, 0.717) is 0 Å². The lowest BCUT2D eigenvalue weighted by molar-refractivity contribution is -0.659. The molecule has 0 amide bonds. The second-order valence-corrected chi connectivity index (χ2v) is 10.7. The van der Waals surface area contributed by atoms with Gasteiger partial charge in [-0.25, -0.2) is 4.57 Å². The van der Waals surface area contributed by atoms with Crippen molar-refractivity contribution in [3.8, 4) is 22.8 Å². The molecule has 2 nitrogen and oxygen atoms in total. The van der Waals surface area contributed by atoms with Crippen molar-refractivity contribution >= 4 is 32.3 Å². The van der Waals surface area contributed by atoms with Gasteiger partial charge in [0.25, 0.3) is 0 Å². The number of pyridine rings is 1. The van der Waals surface area contributed by atoms with E-state index in [1.165, 1.54) is 65.8 Å². The third-order valence-corrected chi connectivity index (χ3v) is 7.44. The Labute approximate surface area is 195 Å². The van der Waals surface area contributed by atoms with Crippen LogP contribution in [-0.4, -0.2) is 0 Å². The van der Waals surface area contributed by atoms with Crippen LogP contribution in [0, 0.1) is 20.8 Å². The zero-order valence-electron chi connectivity index (χ0n) is 20.6. The van der Waals surface area contributed by atoms with Crippen molar-refractivity contribution < 1.29 is 9.30 Å². The Bertz CT molecular complexity index is 1650. The van der Waals surface area contributed by atoms with Gasteiger partial charge in [0.2, 0.25) is 5.69 Å². The minimum absolute atomic E-state index is 0.104. The molecule has 0 aliphatic carbocycles. The number of benzene rings is 4. The van der Waals surface area contributed by atoms with Crippen LogP contribution in [0.25, 0.3) is 43.6 Å². The SMILES string of the molecule is Cc1ccc2c(C)c3c(c(C)c2c1)-c1c2c(cc4cc(C(C)(C)C)ccc4c2cc[n+]1C)O3. The highest BCUT2D eigenvalue weighted by Crippen LogP contribution is 2.51. The molecule has 0 radical (unpaired) electrons. The summed E-state index contributed by atoms with van der Waals surface area (Å²) in [4.78, 5) is 0. The largest absolute Gasteiger partial charge is 0.455 e. The van der Waals surface area contributed by atoms with Crippen LogP contribution in [0.2, 0.25) is 0 Å². The van der Waals surface area contributed by atoms with Gasteiger partial charge in [-0.1, -0.05) is 62.7 Å². The van der Waals surface area contributed by atoms with Crippen molar-refractivity contribution in [3.05, 3.63) is 77.0 Å². The van der Waals surface area contributed by atoms with Gasteiger partial charge in [0.05, 0.1) is 10.9 Å². The number of rotatable bonds is 0. The molecule has 5 aromatic rings. The first-order valence-corrected chi connectivity index (χ1v) is 11.8. The predicted octanol–water partition coefficient (Wildman–Crippen LogP) is 7.97. The van der Waals surface area contributed by atoms with E-state index >= 15 is 0 Å². The molecule has 0 unspecified atom stereocenters. The molecule has 0 spiro atoms. The van der Waals surface area contributed by atoms with Crippen molar-refractivity contribution in [3.63, 3.8) is 0 Å². The normalized spacial score (nSPS) is 12.9. The monoisotopic (exact) mass is 432 g/mol. The maximum Gasteiger partial charge on any atom is 0.228 e. The number of hydrogen-bond acceptors (Lipinski definition) is 1. The molecular formula is C31H30NO+. The van der Waals surface area contributed by atoms with Crippen LogP contribution in [0.15, 0.2) is 54.7 Å². The Balaban J connectivity index is 1.78. The Morgan fingerprint density at radius 3 is 2.27 bits per heavy atom. The molecule has 1 aromatic heterocycles. The summed E-state index contributed by atoms with van der Waals surface area (Å²) in [5.74, 6) is 1.95. The first-order chi connectivity index (χ1) is 15.6. The summed E-state index contributed by atoms with van der Waals surface area (Å²) in [6.07, 6.45) is 2.20. The predicted molar refractivity (Wildman–Crippen MR) is 139 cm³/mol. The standard InChI is InChI=1S/C31H30NO/c1-17-8-10-22-19(3)30-27(18(2)25(22)14-17)29-28-24(12-13-32(29)7)23-11-9-21(31(4,5)6)15-20(23)16-26(28)33-30/h8-16H,1-7H3/q+1. The Morgan fingerprint density at radius 2 is 1.52 bits per heavy atom. The van der Waals surface area contributed by atoms with Crippen molar-refractivity contribution in [2.24, 2.45) is 7.05 Å². The summed E-state index contributed by atoms with van der Waals surface area (Å²) in [7, 11) is 2.15. The fourth-order valence-electron chi connectivity index (χ4n) is 5.54. The van der Waals surface area contributed by atoms with E-state index in [9.17, 15) is 0 Å². The number of aryl methyl sites for hydroxylation is 4. The number of hydrogen-bond donors (Lipinski definition) is 0. The highest BCUT2D eigenvalue weighted by molar-refractivity contribution is 6.16. The van der Waals surface area contributed by atoms with Crippen molar-refractivity contribution in [1.82, 2.24) is 0 Å². The van der Waals surface area contributed by atoms with E-state index in [0.717, 1.165) is 11.5 Å². The van der Waals surface area contributed by atoms with Crippen LogP contribution in [0.5, 0.6) is 11.5 Å². The molecule has 6 rings (SSSR count). The second-order valence-electron chi connectivity index (χ2n) is 10.7. The number of ether oxygens (including phenoxy) is 1. The number of nitrogens with zero attached hydrogens (tertiary/aromatic N) is 1. The zero-order chi connectivity index (χ0) is 23.2. The Morgan fingerprint density at radius 1 is 0.758 bits per heavy atom. The molecule has 1 aliphatic heterocycles. The van der Waals surface area contributed by atoms with Crippen LogP contribution >= 0.6 is 0 Å². The smallest absolute Gasteiger partial charge is 0.228 e. The quantitative estimate of drug-likeness (QED) is 0.175. The first kappa shape index (κ1) is 20.2. The van der Waals surface area contributed by atoms with Gasteiger partial charge in [-0.2, -0.15) is 0 Å². The lowest BCUT2D eigenvalue weighted by Gasteiger charge is -2.25. The maximum atomic E-state index is 6.77. The summed E-state index contributed by atoms with van der Waals surface area (Å²) in [5, 5.41) is 7.55. The van der Waals surface area contributed by atoms with Crippen LogP contribution < -0.4 is 9.30 Å². The molecule has 0 saturated heterocycles. The van der Waals surface area contributed by atoms with Gasteiger partial charge in [0.1, 0.15) is 18.5 Å². The third-order valence-electron chi connectivity index (χ3n) is 7.44. The van der Waals surface area contributed by atoms with Crippen molar-refractivity contribution in [2.45, 2.75) is 47.0 Å². The molecule has 0 N–H and O–H groups in total.